The molecule has 1 heterocycles. The number of rotatable bonds is 10. The quantitative estimate of drug-likeness (QED) is 0.158. The topological polar surface area (TPSA) is 152 Å². The molecule has 2 aliphatic rings. The highest BCUT2D eigenvalue weighted by atomic mass is 32.2. The first-order valence-electron chi connectivity index (χ1n) is 13.3. The Kier molecular flexibility index (Phi) is 9.40. The van der Waals surface area contributed by atoms with Crippen LogP contribution in [0.1, 0.15) is 17.3 Å². The highest BCUT2D eigenvalue weighted by molar-refractivity contribution is 8.00. The molecular formula is C31H33N4O7S+. The summed E-state index contributed by atoms with van der Waals surface area (Å²) in [5.74, 6) is -2.80. The number of thioether (sulfide) groups is 1. The number of carboxylic acids is 2. The number of carboxylic acid groups (broad SMARTS) is 2. The van der Waals surface area contributed by atoms with E-state index < -0.39 is 29.8 Å². The first-order valence-corrected chi connectivity index (χ1v) is 14.4. The lowest BCUT2D eigenvalue weighted by atomic mass is 9.90. The van der Waals surface area contributed by atoms with Crippen molar-refractivity contribution in [1.82, 2.24) is 9.89 Å². The van der Waals surface area contributed by atoms with Crippen molar-refractivity contribution in [2.24, 2.45) is 0 Å². The van der Waals surface area contributed by atoms with Crippen molar-refractivity contribution in [3.05, 3.63) is 65.5 Å². The molecule has 43 heavy (non-hydrogen) atoms. The Morgan fingerprint density at radius 2 is 1.70 bits per heavy atom. The first kappa shape index (κ1) is 31.1. The molecule has 4 N–H and O–H groups in total. The largest absolute Gasteiger partial charge is 0.480 e. The number of carbonyl (C=O) groups excluding carboxylic acids is 2. The van der Waals surface area contributed by atoms with Crippen molar-refractivity contribution in [3.8, 4) is 22.5 Å². The van der Waals surface area contributed by atoms with Gasteiger partial charge in [0.05, 0.1) is 17.4 Å². The second-order valence-corrected chi connectivity index (χ2v) is 11.4. The Morgan fingerprint density at radius 1 is 0.977 bits per heavy atom. The molecule has 0 unspecified atom stereocenters. The van der Waals surface area contributed by atoms with Crippen LogP contribution in [0.4, 0.5) is 11.4 Å². The van der Waals surface area contributed by atoms with E-state index in [4.69, 9.17) is 4.42 Å². The Hall–Kier alpha value is -4.84. The molecule has 11 nitrogen and oxygen atoms in total. The number of hydrogen-bond acceptors (Lipinski definition) is 7. The van der Waals surface area contributed by atoms with Gasteiger partial charge in [-0.1, -0.05) is 6.07 Å². The zero-order valence-electron chi connectivity index (χ0n) is 24.4. The molecule has 0 spiro atoms. The summed E-state index contributed by atoms with van der Waals surface area (Å²) < 4.78 is 8.29. The molecule has 0 fully saturated rings. The van der Waals surface area contributed by atoms with E-state index in [1.807, 2.05) is 74.1 Å². The Bertz CT molecular complexity index is 1780. The smallest absolute Gasteiger partial charge is 0.336 e. The third-order valence-corrected chi connectivity index (χ3v) is 7.75. The standard InChI is InChI=1S/C31H32N4O7S/c1-17(36)32-25(31(40)41)15-43-16-28(37)33-18-6-9-21(24(12-18)30(38)39)29-22-10-7-19(34(2)3)13-26(22)42-27-14-20(35(4)5)8-11-23(27)29/h6-14,25H,15-16H2,1-5H3,(H3,32,36,38,39,40,41)/p+1/t25-/m1/s1. The van der Waals surface area contributed by atoms with Gasteiger partial charge in [0.1, 0.15) is 31.5 Å². The third kappa shape index (κ3) is 7.15. The molecule has 0 radical (unpaired) electrons. The predicted octanol–water partition coefficient (Wildman–Crippen LogP) is 3.26. The summed E-state index contributed by atoms with van der Waals surface area (Å²) in [6.07, 6.45) is 0. The molecule has 1 aliphatic heterocycles. The average molecular weight is 606 g/mol. The number of hydrogen-bond donors (Lipinski definition) is 4. The minimum absolute atomic E-state index is 0.00801. The predicted molar refractivity (Wildman–Crippen MR) is 168 cm³/mol. The van der Waals surface area contributed by atoms with Gasteiger partial charge in [0.2, 0.25) is 17.2 Å². The van der Waals surface area contributed by atoms with E-state index in [-0.39, 0.29) is 22.8 Å². The van der Waals surface area contributed by atoms with E-state index >= 15 is 0 Å². The van der Waals surface area contributed by atoms with Crippen LogP contribution >= 0.6 is 11.8 Å². The number of benzene rings is 3. The Labute approximate surface area is 252 Å². The molecule has 0 bridgehead atoms. The van der Waals surface area contributed by atoms with Gasteiger partial charge < -0.3 is 30.2 Å². The molecule has 1 atom stereocenters. The van der Waals surface area contributed by atoms with Crippen molar-refractivity contribution >= 4 is 57.9 Å². The number of aromatic carboxylic acids is 1. The van der Waals surface area contributed by atoms with Gasteiger partial charge in [0.25, 0.3) is 0 Å². The lowest BCUT2D eigenvalue weighted by Gasteiger charge is -2.19. The van der Waals surface area contributed by atoms with Gasteiger partial charge >= 0.3 is 11.9 Å². The van der Waals surface area contributed by atoms with Crippen LogP contribution in [0.2, 0.25) is 0 Å². The summed E-state index contributed by atoms with van der Waals surface area (Å²) in [6.45, 7) is 1.22. The van der Waals surface area contributed by atoms with E-state index in [1.165, 1.54) is 13.0 Å². The molecular weight excluding hydrogens is 572 g/mol. The zero-order chi connectivity index (χ0) is 31.4. The van der Waals surface area contributed by atoms with E-state index in [0.29, 0.717) is 22.5 Å². The maximum absolute atomic E-state index is 12.6. The summed E-state index contributed by atoms with van der Waals surface area (Å²) in [5, 5.41) is 26.1. The normalized spacial score (nSPS) is 11.7. The van der Waals surface area contributed by atoms with Crippen molar-refractivity contribution < 1.29 is 33.8 Å². The SMILES string of the molecule is CC(=O)N[C@H](CSCC(=O)Nc1ccc(-c2c3ccc(=[N+](C)C)cc-3oc3cc(N(C)C)ccc23)c(C(=O)O)c1)C(=O)O. The molecule has 4 rings (SSSR count). The second kappa shape index (κ2) is 13.0. The van der Waals surface area contributed by atoms with Crippen molar-refractivity contribution in [2.75, 3.05) is 49.9 Å². The lowest BCUT2D eigenvalue weighted by Crippen LogP contribution is -2.41. The molecule has 0 saturated carbocycles. The average Bonchev–Trinajstić information content (AvgIpc) is 2.94. The highest BCUT2D eigenvalue weighted by Crippen LogP contribution is 2.42. The van der Waals surface area contributed by atoms with Crippen molar-refractivity contribution in [3.63, 3.8) is 0 Å². The molecule has 2 amide bonds. The number of amides is 2. The van der Waals surface area contributed by atoms with Gasteiger partial charge in [-0.25, -0.2) is 14.2 Å². The number of fused-ring (bicyclic) bond motifs is 2. The monoisotopic (exact) mass is 605 g/mol. The minimum Gasteiger partial charge on any atom is -0.480 e. The van der Waals surface area contributed by atoms with Crippen LogP contribution in [0.15, 0.2) is 59.0 Å². The van der Waals surface area contributed by atoms with E-state index in [0.717, 1.165) is 33.8 Å². The minimum atomic E-state index is -1.20. The van der Waals surface area contributed by atoms with Crippen molar-refractivity contribution in [2.45, 2.75) is 13.0 Å². The van der Waals surface area contributed by atoms with Crippen LogP contribution in [0.5, 0.6) is 0 Å². The fourth-order valence-corrected chi connectivity index (χ4v) is 5.45. The summed E-state index contributed by atoms with van der Waals surface area (Å²) in [7, 11) is 7.70. The number of aliphatic carboxylic acids is 1. The van der Waals surface area contributed by atoms with Gasteiger partial charge in [-0.3, -0.25) is 9.59 Å². The van der Waals surface area contributed by atoms with Crippen molar-refractivity contribution in [1.29, 1.82) is 0 Å². The summed E-state index contributed by atoms with van der Waals surface area (Å²) in [6, 6.07) is 15.1. The summed E-state index contributed by atoms with van der Waals surface area (Å²) in [5.41, 5.74) is 3.67. The van der Waals surface area contributed by atoms with Crippen LogP contribution in [0.3, 0.4) is 0 Å². The summed E-state index contributed by atoms with van der Waals surface area (Å²) in [4.78, 5) is 49.6. The molecule has 2 aromatic carbocycles. The van der Waals surface area contributed by atoms with E-state index in [1.54, 1.807) is 12.1 Å². The van der Waals surface area contributed by atoms with Crippen LogP contribution in [-0.2, 0) is 14.4 Å². The lowest BCUT2D eigenvalue weighted by molar-refractivity contribution is -0.140. The second-order valence-electron chi connectivity index (χ2n) is 10.3. The maximum atomic E-state index is 12.6. The molecule has 0 saturated heterocycles. The fourth-order valence-electron chi connectivity index (χ4n) is 4.62. The van der Waals surface area contributed by atoms with Crippen LogP contribution < -0.4 is 25.5 Å². The van der Waals surface area contributed by atoms with E-state index in [2.05, 4.69) is 10.6 Å². The van der Waals surface area contributed by atoms with Gasteiger partial charge in [-0.2, -0.15) is 0 Å². The highest BCUT2D eigenvalue weighted by Gasteiger charge is 2.23. The molecule has 2 aromatic rings. The Balaban J connectivity index is 1.73. The third-order valence-electron chi connectivity index (χ3n) is 6.72. The van der Waals surface area contributed by atoms with E-state index in [9.17, 15) is 29.4 Å². The first-order chi connectivity index (χ1) is 20.3. The van der Waals surface area contributed by atoms with Gasteiger partial charge in [0, 0.05) is 66.8 Å². The number of anilines is 2. The van der Waals surface area contributed by atoms with Crippen LogP contribution in [0.25, 0.3) is 33.4 Å². The van der Waals surface area contributed by atoms with Crippen LogP contribution in [-0.4, -0.2) is 79.7 Å². The van der Waals surface area contributed by atoms with Gasteiger partial charge in [-0.05, 0) is 35.9 Å². The fraction of sp³-hybridized carbons (Fsp3) is 0.258. The van der Waals surface area contributed by atoms with Gasteiger partial charge in [-0.15, -0.1) is 11.8 Å². The maximum Gasteiger partial charge on any atom is 0.336 e. The molecule has 224 valence electrons. The van der Waals surface area contributed by atoms with Crippen LogP contribution in [0, 0.1) is 0 Å². The molecule has 0 aromatic heterocycles. The number of carbonyl (C=O) groups is 4. The van der Waals surface area contributed by atoms with Gasteiger partial charge in [0.15, 0.2) is 0 Å². The summed E-state index contributed by atoms with van der Waals surface area (Å²) >= 11 is 1.04. The Morgan fingerprint density at radius 3 is 2.33 bits per heavy atom. The molecule has 1 aliphatic carbocycles. The zero-order valence-corrected chi connectivity index (χ0v) is 25.2. The number of nitrogens with one attached hydrogen (secondary N) is 2. The molecule has 12 heteroatoms. The number of nitrogens with zero attached hydrogens (tertiary/aromatic N) is 2.